The van der Waals surface area contributed by atoms with E-state index in [0.717, 1.165) is 0 Å². The standard InChI is InChI=1S/C6H14N2O2S2/c1-11-8(12-2)5-6(9)10-4-3-7/h3-5,7H2,1-2H3. The fourth-order valence-corrected chi connectivity index (χ4v) is 1.59. The summed E-state index contributed by atoms with van der Waals surface area (Å²) >= 11 is 2.99. The van der Waals surface area contributed by atoms with Crippen LogP contribution in [0.15, 0.2) is 0 Å². The van der Waals surface area contributed by atoms with Crippen LogP contribution in [0.4, 0.5) is 0 Å². The normalized spacial score (nSPS) is 10.3. The van der Waals surface area contributed by atoms with Crippen LogP contribution in [-0.2, 0) is 9.53 Å². The molecule has 2 N–H and O–H groups in total. The van der Waals surface area contributed by atoms with Crippen LogP contribution in [0.1, 0.15) is 0 Å². The Hall–Kier alpha value is 0.0900. The van der Waals surface area contributed by atoms with Crippen LogP contribution in [0, 0.1) is 0 Å². The zero-order chi connectivity index (χ0) is 9.40. The van der Waals surface area contributed by atoms with E-state index in [0.29, 0.717) is 19.7 Å². The van der Waals surface area contributed by atoms with Gasteiger partial charge in [0.1, 0.15) is 13.2 Å². The molecule has 0 rings (SSSR count). The van der Waals surface area contributed by atoms with Gasteiger partial charge in [0.05, 0.1) is 0 Å². The van der Waals surface area contributed by atoms with Crippen molar-refractivity contribution in [2.45, 2.75) is 0 Å². The van der Waals surface area contributed by atoms with Crippen LogP contribution >= 0.6 is 23.9 Å². The van der Waals surface area contributed by atoms with Crippen LogP contribution in [-0.4, -0.2) is 41.9 Å². The quantitative estimate of drug-likeness (QED) is 0.504. The number of carbonyl (C=O) groups is 1. The third-order valence-corrected chi connectivity index (χ3v) is 3.01. The molecule has 0 unspecified atom stereocenters. The molecule has 0 aromatic heterocycles. The minimum atomic E-state index is -0.232. The fraction of sp³-hybridized carbons (Fsp3) is 0.833. The van der Waals surface area contributed by atoms with Gasteiger partial charge in [0, 0.05) is 6.54 Å². The summed E-state index contributed by atoms with van der Waals surface area (Å²) in [7, 11) is 0. The number of hydrogen-bond donors (Lipinski definition) is 1. The van der Waals surface area contributed by atoms with Gasteiger partial charge in [-0.3, -0.25) is 4.79 Å². The monoisotopic (exact) mass is 210 g/mol. The number of esters is 1. The number of ether oxygens (including phenoxy) is 1. The molecule has 0 bridgehead atoms. The van der Waals surface area contributed by atoms with Crippen molar-refractivity contribution < 1.29 is 9.53 Å². The molecule has 0 heterocycles. The van der Waals surface area contributed by atoms with Crippen molar-refractivity contribution in [1.29, 1.82) is 0 Å². The summed E-state index contributed by atoms with van der Waals surface area (Å²) in [6.45, 7) is 0.974. The molecule has 0 aliphatic rings. The topological polar surface area (TPSA) is 55.6 Å². The van der Waals surface area contributed by atoms with Gasteiger partial charge in [0.25, 0.3) is 0 Å². The van der Waals surface area contributed by atoms with E-state index in [1.807, 2.05) is 16.2 Å². The molecular formula is C6H14N2O2S2. The van der Waals surface area contributed by atoms with Crippen molar-refractivity contribution >= 4 is 29.9 Å². The zero-order valence-electron chi connectivity index (χ0n) is 7.28. The van der Waals surface area contributed by atoms with E-state index in [-0.39, 0.29) is 5.97 Å². The summed E-state index contributed by atoms with van der Waals surface area (Å²) < 4.78 is 6.63. The third kappa shape index (κ3) is 5.70. The Balaban J connectivity index is 3.52. The SMILES string of the molecule is CSN(CC(=O)OCCN)SC. The minimum Gasteiger partial charge on any atom is -0.463 e. The van der Waals surface area contributed by atoms with Gasteiger partial charge >= 0.3 is 5.97 Å². The molecule has 0 aliphatic heterocycles. The van der Waals surface area contributed by atoms with E-state index in [4.69, 9.17) is 10.5 Å². The molecule has 0 aromatic carbocycles. The number of carbonyl (C=O) groups excluding carboxylic acids is 1. The zero-order valence-corrected chi connectivity index (χ0v) is 8.91. The second-order valence-corrected chi connectivity index (χ2v) is 3.71. The molecular weight excluding hydrogens is 196 g/mol. The number of rotatable bonds is 6. The molecule has 12 heavy (non-hydrogen) atoms. The summed E-state index contributed by atoms with van der Waals surface area (Å²) in [6, 6.07) is 0. The molecule has 0 amide bonds. The molecule has 0 saturated carbocycles. The van der Waals surface area contributed by atoms with Crippen molar-refractivity contribution in [1.82, 2.24) is 3.71 Å². The first-order chi connectivity index (χ1) is 5.74. The van der Waals surface area contributed by atoms with Crippen molar-refractivity contribution in [3.63, 3.8) is 0 Å². The Morgan fingerprint density at radius 2 is 2.08 bits per heavy atom. The highest BCUT2D eigenvalue weighted by molar-refractivity contribution is 8.11. The van der Waals surface area contributed by atoms with Crippen LogP contribution in [0.3, 0.4) is 0 Å². The van der Waals surface area contributed by atoms with Gasteiger partial charge in [-0.1, -0.05) is 23.9 Å². The third-order valence-electron chi connectivity index (χ3n) is 1.05. The highest BCUT2D eigenvalue weighted by atomic mass is 32.2. The number of nitrogens with two attached hydrogens (primary N) is 1. The summed E-state index contributed by atoms with van der Waals surface area (Å²) in [5, 5.41) is 0. The predicted octanol–water partition coefficient (Wildman–Crippen LogP) is 0.346. The molecule has 4 nitrogen and oxygen atoms in total. The highest BCUT2D eigenvalue weighted by Crippen LogP contribution is 2.14. The average molecular weight is 210 g/mol. The number of hydrogen-bond acceptors (Lipinski definition) is 6. The van der Waals surface area contributed by atoms with Gasteiger partial charge in [-0.05, 0) is 12.5 Å². The molecule has 0 aromatic rings. The first kappa shape index (κ1) is 12.1. The van der Waals surface area contributed by atoms with Crippen molar-refractivity contribution in [3.8, 4) is 0 Å². The van der Waals surface area contributed by atoms with E-state index in [9.17, 15) is 4.79 Å². The molecule has 0 spiro atoms. The largest absolute Gasteiger partial charge is 0.463 e. The van der Waals surface area contributed by atoms with Crippen LogP contribution in [0.5, 0.6) is 0 Å². The number of nitrogens with zero attached hydrogens (tertiary/aromatic N) is 1. The van der Waals surface area contributed by atoms with Crippen molar-refractivity contribution in [3.05, 3.63) is 0 Å². The van der Waals surface area contributed by atoms with E-state index >= 15 is 0 Å². The van der Waals surface area contributed by atoms with Gasteiger partial charge < -0.3 is 10.5 Å². The van der Waals surface area contributed by atoms with Gasteiger partial charge in [-0.15, -0.1) is 0 Å². The van der Waals surface area contributed by atoms with E-state index in [2.05, 4.69) is 0 Å². The second kappa shape index (κ2) is 7.72. The van der Waals surface area contributed by atoms with E-state index < -0.39 is 0 Å². The van der Waals surface area contributed by atoms with Crippen LogP contribution in [0.25, 0.3) is 0 Å². The molecule has 0 saturated heterocycles. The maximum atomic E-state index is 11.0. The lowest BCUT2D eigenvalue weighted by atomic mass is 10.6. The second-order valence-electron chi connectivity index (χ2n) is 1.87. The summed E-state index contributed by atoms with van der Waals surface area (Å²) in [5.41, 5.74) is 5.17. The van der Waals surface area contributed by atoms with E-state index in [1.165, 1.54) is 23.9 Å². The predicted molar refractivity (Wildman–Crippen MR) is 53.7 cm³/mol. The van der Waals surface area contributed by atoms with Gasteiger partial charge in [0.2, 0.25) is 0 Å². The van der Waals surface area contributed by atoms with Gasteiger partial charge in [-0.2, -0.15) is 3.71 Å². The Labute approximate surface area is 81.5 Å². The van der Waals surface area contributed by atoms with Gasteiger partial charge in [-0.25, -0.2) is 0 Å². The fourth-order valence-electron chi connectivity index (χ4n) is 0.527. The first-order valence-electron chi connectivity index (χ1n) is 3.46. The van der Waals surface area contributed by atoms with Crippen LogP contribution < -0.4 is 5.73 Å². The Kier molecular flexibility index (Phi) is 7.78. The summed E-state index contributed by atoms with van der Waals surface area (Å²) in [5.74, 6) is -0.232. The lowest BCUT2D eigenvalue weighted by Crippen LogP contribution is -2.22. The Morgan fingerprint density at radius 1 is 1.50 bits per heavy atom. The summed E-state index contributed by atoms with van der Waals surface area (Å²) in [6.07, 6.45) is 3.82. The first-order valence-corrected chi connectivity index (χ1v) is 5.82. The smallest absolute Gasteiger partial charge is 0.322 e. The molecule has 0 atom stereocenters. The Bertz CT molecular complexity index is 131. The molecule has 0 fully saturated rings. The van der Waals surface area contributed by atoms with Crippen LogP contribution in [0.2, 0.25) is 0 Å². The minimum absolute atomic E-state index is 0.232. The highest BCUT2D eigenvalue weighted by Gasteiger charge is 2.08. The lowest BCUT2D eigenvalue weighted by molar-refractivity contribution is -0.142. The molecule has 0 aliphatic carbocycles. The Morgan fingerprint density at radius 3 is 2.50 bits per heavy atom. The summed E-state index contributed by atoms with van der Waals surface area (Å²) in [4.78, 5) is 11.0. The average Bonchev–Trinajstić information content (AvgIpc) is 2.10. The molecule has 72 valence electrons. The molecule has 0 radical (unpaired) electrons. The van der Waals surface area contributed by atoms with E-state index in [1.54, 1.807) is 0 Å². The maximum Gasteiger partial charge on any atom is 0.322 e. The van der Waals surface area contributed by atoms with Gasteiger partial charge in [0.15, 0.2) is 0 Å². The molecule has 6 heteroatoms. The van der Waals surface area contributed by atoms with Crippen molar-refractivity contribution in [2.24, 2.45) is 5.73 Å². The maximum absolute atomic E-state index is 11.0. The van der Waals surface area contributed by atoms with Crippen molar-refractivity contribution in [2.75, 3.05) is 32.2 Å². The lowest BCUT2D eigenvalue weighted by Gasteiger charge is -2.13.